The highest BCUT2D eigenvalue weighted by molar-refractivity contribution is 7.92. The molecule has 0 aromatic heterocycles. The summed E-state index contributed by atoms with van der Waals surface area (Å²) in [6, 6.07) is 6.26. The Morgan fingerprint density at radius 3 is 2.05 bits per heavy atom. The van der Waals surface area contributed by atoms with Crippen LogP contribution in [-0.2, 0) is 20.2 Å². The van der Waals surface area contributed by atoms with Gasteiger partial charge >= 0.3 is 0 Å². The molecular formula is C11H18ClN3O4S2. The van der Waals surface area contributed by atoms with Crippen molar-refractivity contribution in [3.05, 3.63) is 29.3 Å². The monoisotopic (exact) mass is 355 g/mol. The molecule has 1 N–H and O–H groups in total. The molecule has 0 amide bonds. The zero-order chi connectivity index (χ0) is 16.3. The minimum atomic E-state index is -3.59. The van der Waals surface area contributed by atoms with E-state index in [2.05, 4.69) is 4.72 Å². The Bertz CT molecular complexity index is 672. The summed E-state index contributed by atoms with van der Waals surface area (Å²) in [5.74, 6) is 0. The van der Waals surface area contributed by atoms with E-state index in [9.17, 15) is 16.8 Å². The maximum Gasteiger partial charge on any atom is 0.278 e. The van der Waals surface area contributed by atoms with Crippen LogP contribution < -0.4 is 9.03 Å². The van der Waals surface area contributed by atoms with Crippen LogP contribution in [0.1, 0.15) is 0 Å². The van der Waals surface area contributed by atoms with Gasteiger partial charge in [0, 0.05) is 32.2 Å². The van der Waals surface area contributed by atoms with Crippen LogP contribution in [0, 0.1) is 0 Å². The van der Waals surface area contributed by atoms with Gasteiger partial charge in [0.15, 0.2) is 0 Å². The first kappa shape index (κ1) is 18.2. The van der Waals surface area contributed by atoms with Crippen molar-refractivity contribution in [3.8, 4) is 0 Å². The maximum atomic E-state index is 11.8. The van der Waals surface area contributed by atoms with E-state index in [1.54, 1.807) is 24.3 Å². The average molecular weight is 356 g/mol. The van der Waals surface area contributed by atoms with Crippen LogP contribution in [0.5, 0.6) is 0 Å². The largest absolute Gasteiger partial charge is 0.278 e. The number of rotatable bonds is 7. The lowest BCUT2D eigenvalue weighted by Crippen LogP contribution is -2.42. The first-order chi connectivity index (χ1) is 9.54. The molecule has 0 fully saturated rings. The van der Waals surface area contributed by atoms with Crippen molar-refractivity contribution in [1.29, 1.82) is 0 Å². The van der Waals surface area contributed by atoms with Crippen LogP contribution in [-0.4, -0.2) is 54.6 Å². The van der Waals surface area contributed by atoms with Crippen molar-refractivity contribution in [2.45, 2.75) is 0 Å². The molecule has 120 valence electrons. The lowest BCUT2D eigenvalue weighted by Gasteiger charge is -2.23. The van der Waals surface area contributed by atoms with Crippen LogP contribution in [0.4, 0.5) is 5.69 Å². The minimum Gasteiger partial charge on any atom is -0.269 e. The molecule has 0 aliphatic heterocycles. The molecule has 1 aromatic rings. The quantitative estimate of drug-likeness (QED) is 0.771. The Hall–Kier alpha value is -0.870. The van der Waals surface area contributed by atoms with Gasteiger partial charge in [-0.15, -0.1) is 0 Å². The summed E-state index contributed by atoms with van der Waals surface area (Å²) in [7, 11) is -4.34. The molecule has 0 aliphatic carbocycles. The second-order valence-corrected chi connectivity index (χ2v) is 8.81. The Morgan fingerprint density at radius 1 is 1.10 bits per heavy atom. The number of hydrogen-bond acceptors (Lipinski definition) is 4. The average Bonchev–Trinajstić information content (AvgIpc) is 2.34. The predicted molar refractivity (Wildman–Crippen MR) is 84.3 cm³/mol. The first-order valence-corrected chi connectivity index (χ1v) is 9.61. The van der Waals surface area contributed by atoms with Crippen molar-refractivity contribution >= 4 is 37.5 Å². The third-order valence-corrected chi connectivity index (χ3v) is 5.57. The third-order valence-electron chi connectivity index (χ3n) is 2.60. The van der Waals surface area contributed by atoms with Gasteiger partial charge in [-0.3, -0.25) is 4.31 Å². The first-order valence-electron chi connectivity index (χ1n) is 5.94. The molecule has 1 aromatic carbocycles. The van der Waals surface area contributed by atoms with E-state index >= 15 is 0 Å². The van der Waals surface area contributed by atoms with Gasteiger partial charge in [-0.1, -0.05) is 11.6 Å². The molecule has 10 heteroatoms. The number of sulfonamides is 1. The van der Waals surface area contributed by atoms with Gasteiger partial charge in [0.25, 0.3) is 10.2 Å². The molecular weight excluding hydrogens is 338 g/mol. The van der Waals surface area contributed by atoms with E-state index in [1.165, 1.54) is 14.1 Å². The second-order valence-electron chi connectivity index (χ2n) is 4.49. The second kappa shape index (κ2) is 6.93. The van der Waals surface area contributed by atoms with Gasteiger partial charge in [-0.2, -0.15) is 12.7 Å². The normalized spacial score (nSPS) is 12.6. The van der Waals surface area contributed by atoms with Crippen molar-refractivity contribution < 1.29 is 16.8 Å². The summed E-state index contributed by atoms with van der Waals surface area (Å²) in [5, 5.41) is 0.487. The van der Waals surface area contributed by atoms with Gasteiger partial charge in [0.1, 0.15) is 0 Å². The van der Waals surface area contributed by atoms with Crippen molar-refractivity contribution in [2.24, 2.45) is 0 Å². The topological polar surface area (TPSA) is 86.8 Å². The van der Waals surface area contributed by atoms with Crippen molar-refractivity contribution in [1.82, 2.24) is 9.03 Å². The molecule has 0 radical (unpaired) electrons. The number of anilines is 1. The van der Waals surface area contributed by atoms with Gasteiger partial charge in [0.05, 0.1) is 11.9 Å². The van der Waals surface area contributed by atoms with E-state index in [1.807, 2.05) is 0 Å². The summed E-state index contributed by atoms with van der Waals surface area (Å²) in [5.41, 5.74) is 0.422. The minimum absolute atomic E-state index is 0.0203. The van der Waals surface area contributed by atoms with E-state index in [0.29, 0.717) is 10.7 Å². The van der Waals surface area contributed by atoms with E-state index in [-0.39, 0.29) is 13.1 Å². The Balaban J connectivity index is 2.85. The van der Waals surface area contributed by atoms with Crippen LogP contribution in [0.3, 0.4) is 0 Å². The fourth-order valence-corrected chi connectivity index (χ4v) is 3.16. The Kier molecular flexibility index (Phi) is 6.00. The van der Waals surface area contributed by atoms with Gasteiger partial charge in [-0.05, 0) is 24.3 Å². The summed E-state index contributed by atoms with van der Waals surface area (Å²) < 4.78 is 51.2. The number of halogens is 1. The Labute approximate surface area is 130 Å². The van der Waals surface area contributed by atoms with E-state index in [0.717, 1.165) is 14.9 Å². The summed E-state index contributed by atoms with van der Waals surface area (Å²) >= 11 is 5.76. The predicted octanol–water partition coefficient (Wildman–Crippen LogP) is 0.502. The van der Waals surface area contributed by atoms with Crippen LogP contribution in [0.25, 0.3) is 0 Å². The van der Waals surface area contributed by atoms with Gasteiger partial charge < -0.3 is 0 Å². The Morgan fingerprint density at radius 2 is 1.62 bits per heavy atom. The van der Waals surface area contributed by atoms with Crippen molar-refractivity contribution in [2.75, 3.05) is 37.7 Å². The molecule has 0 atom stereocenters. The molecule has 0 saturated heterocycles. The van der Waals surface area contributed by atoms with E-state index in [4.69, 9.17) is 11.6 Å². The SMILES string of the molecule is CN(C)S(=O)(=O)NCCN(c1ccc(Cl)cc1)S(C)(=O)=O. The molecule has 21 heavy (non-hydrogen) atoms. The molecule has 0 unspecified atom stereocenters. The highest BCUT2D eigenvalue weighted by atomic mass is 35.5. The smallest absolute Gasteiger partial charge is 0.269 e. The molecule has 0 saturated carbocycles. The highest BCUT2D eigenvalue weighted by Crippen LogP contribution is 2.19. The van der Waals surface area contributed by atoms with Crippen LogP contribution in [0.2, 0.25) is 5.02 Å². The number of nitrogens with zero attached hydrogens (tertiary/aromatic N) is 2. The zero-order valence-electron chi connectivity index (χ0n) is 11.9. The summed E-state index contributed by atoms with van der Waals surface area (Å²) in [6.45, 7) is -0.0657. The summed E-state index contributed by atoms with van der Waals surface area (Å²) in [4.78, 5) is 0. The third kappa shape index (κ3) is 5.44. The van der Waals surface area contributed by atoms with Gasteiger partial charge in [0.2, 0.25) is 10.0 Å². The standard InChI is InChI=1S/C11H18ClN3O4S2/c1-14(2)21(18,19)13-8-9-15(20(3,16)17)11-6-4-10(12)5-7-11/h4-7,13H,8-9H2,1-3H3. The molecule has 0 spiro atoms. The lowest BCUT2D eigenvalue weighted by atomic mass is 10.3. The van der Waals surface area contributed by atoms with Gasteiger partial charge in [-0.25, -0.2) is 13.1 Å². The summed E-state index contributed by atoms with van der Waals surface area (Å²) in [6.07, 6.45) is 1.06. The van der Waals surface area contributed by atoms with Crippen LogP contribution >= 0.6 is 11.6 Å². The zero-order valence-corrected chi connectivity index (χ0v) is 14.3. The number of nitrogens with one attached hydrogen (secondary N) is 1. The van der Waals surface area contributed by atoms with Crippen LogP contribution in [0.15, 0.2) is 24.3 Å². The molecule has 0 aliphatic rings. The highest BCUT2D eigenvalue weighted by Gasteiger charge is 2.19. The number of hydrogen-bond donors (Lipinski definition) is 1. The molecule has 0 heterocycles. The fraction of sp³-hybridized carbons (Fsp3) is 0.455. The van der Waals surface area contributed by atoms with E-state index < -0.39 is 20.2 Å². The number of benzene rings is 1. The lowest BCUT2D eigenvalue weighted by molar-refractivity contribution is 0.506. The molecule has 0 bridgehead atoms. The molecule has 1 rings (SSSR count). The fourth-order valence-electron chi connectivity index (χ4n) is 1.50. The maximum absolute atomic E-state index is 11.8. The van der Waals surface area contributed by atoms with Crippen molar-refractivity contribution in [3.63, 3.8) is 0 Å². The molecule has 7 nitrogen and oxygen atoms in total.